The number of thiophene rings is 1. The molecule has 0 N–H and O–H groups in total. The van der Waals surface area contributed by atoms with Crippen molar-refractivity contribution in [2.24, 2.45) is 0 Å². The molecule has 0 saturated heterocycles. The van der Waals surface area contributed by atoms with Gasteiger partial charge >= 0.3 is 0 Å². The Balaban J connectivity index is 1.30. The zero-order valence-electron chi connectivity index (χ0n) is 25.7. The molecule has 0 aliphatic heterocycles. The highest BCUT2D eigenvalue weighted by atomic mass is 32.1. The van der Waals surface area contributed by atoms with E-state index in [-0.39, 0.29) is 0 Å². The standard InChI is InChI=1S/C44H26N2OS/c1-2-11-27(12-3-1)31-24-35(43-34-16-7-9-20-40(34)48-41(43)25-31)44-45-36(30-22-21-28-13-4-5-14-29(28)23-30)26-37(46-44)32-17-10-19-39-42(32)33-15-6-8-18-38(33)47-39/h1-26H. The van der Waals surface area contributed by atoms with Crippen LogP contribution in [0.4, 0.5) is 0 Å². The molecule has 7 aromatic carbocycles. The van der Waals surface area contributed by atoms with E-state index < -0.39 is 0 Å². The largest absolute Gasteiger partial charge is 0.456 e. The second-order valence-corrected chi connectivity index (χ2v) is 13.2. The van der Waals surface area contributed by atoms with Crippen LogP contribution in [0.5, 0.6) is 0 Å². The van der Waals surface area contributed by atoms with Crippen molar-refractivity contribution >= 4 is 64.2 Å². The zero-order chi connectivity index (χ0) is 31.6. The molecule has 3 aromatic heterocycles. The molecule has 0 bridgehead atoms. The second kappa shape index (κ2) is 10.7. The summed E-state index contributed by atoms with van der Waals surface area (Å²) in [5, 5.41) is 6.92. The third-order valence-corrected chi connectivity index (χ3v) is 10.4. The summed E-state index contributed by atoms with van der Waals surface area (Å²) in [5.41, 5.74) is 8.86. The Morgan fingerprint density at radius 3 is 2.08 bits per heavy atom. The first-order valence-electron chi connectivity index (χ1n) is 16.1. The second-order valence-electron chi connectivity index (χ2n) is 12.2. The fourth-order valence-electron chi connectivity index (χ4n) is 7.02. The van der Waals surface area contributed by atoms with Gasteiger partial charge in [0.2, 0.25) is 0 Å². The molecule has 0 saturated carbocycles. The lowest BCUT2D eigenvalue weighted by atomic mass is 9.97. The van der Waals surface area contributed by atoms with Crippen LogP contribution in [0.25, 0.3) is 97.9 Å². The first-order valence-corrected chi connectivity index (χ1v) is 16.9. The van der Waals surface area contributed by atoms with E-state index in [1.807, 2.05) is 29.5 Å². The number of aromatic nitrogens is 2. The molecule has 48 heavy (non-hydrogen) atoms. The van der Waals surface area contributed by atoms with Gasteiger partial charge in [-0.25, -0.2) is 9.97 Å². The first kappa shape index (κ1) is 27.1. The number of nitrogens with zero attached hydrogens (tertiary/aromatic N) is 2. The van der Waals surface area contributed by atoms with Gasteiger partial charge in [-0.3, -0.25) is 0 Å². The average molecular weight is 631 g/mol. The third kappa shape index (κ3) is 4.34. The first-order chi connectivity index (χ1) is 23.8. The molecule has 0 atom stereocenters. The van der Waals surface area contributed by atoms with Gasteiger partial charge in [0.15, 0.2) is 5.82 Å². The number of para-hydroxylation sites is 1. The Morgan fingerprint density at radius 1 is 0.417 bits per heavy atom. The van der Waals surface area contributed by atoms with Crippen LogP contribution in [0.3, 0.4) is 0 Å². The highest BCUT2D eigenvalue weighted by Crippen LogP contribution is 2.44. The Labute approximate surface area is 280 Å². The van der Waals surface area contributed by atoms with Crippen molar-refractivity contribution in [1.82, 2.24) is 9.97 Å². The lowest BCUT2D eigenvalue weighted by Crippen LogP contribution is -1.97. The van der Waals surface area contributed by atoms with Crippen molar-refractivity contribution < 1.29 is 4.42 Å². The Bertz CT molecular complexity index is 2850. The maximum absolute atomic E-state index is 6.31. The van der Waals surface area contributed by atoms with Crippen LogP contribution in [0.1, 0.15) is 0 Å². The van der Waals surface area contributed by atoms with Crippen LogP contribution in [0.15, 0.2) is 162 Å². The van der Waals surface area contributed by atoms with E-state index in [1.165, 1.54) is 36.5 Å². The normalized spacial score (nSPS) is 11.8. The number of rotatable bonds is 4. The van der Waals surface area contributed by atoms with Crippen molar-refractivity contribution in [3.8, 4) is 45.0 Å². The minimum atomic E-state index is 0.701. The molecule has 0 radical (unpaired) electrons. The number of hydrogen-bond acceptors (Lipinski definition) is 4. The highest BCUT2D eigenvalue weighted by Gasteiger charge is 2.20. The Hall–Kier alpha value is -6.10. The summed E-state index contributed by atoms with van der Waals surface area (Å²) in [6.07, 6.45) is 0. The van der Waals surface area contributed by atoms with Gasteiger partial charge < -0.3 is 4.42 Å². The van der Waals surface area contributed by atoms with E-state index in [0.29, 0.717) is 5.82 Å². The molecule has 0 unspecified atom stereocenters. The van der Waals surface area contributed by atoms with Crippen molar-refractivity contribution in [3.63, 3.8) is 0 Å². The molecule has 10 rings (SSSR count). The van der Waals surface area contributed by atoms with Gasteiger partial charge in [0.25, 0.3) is 0 Å². The van der Waals surface area contributed by atoms with Gasteiger partial charge in [-0.1, -0.05) is 115 Å². The molecule has 10 aromatic rings. The van der Waals surface area contributed by atoms with Gasteiger partial charge in [-0.2, -0.15) is 0 Å². The van der Waals surface area contributed by atoms with Gasteiger partial charge in [0.05, 0.1) is 11.4 Å². The molecule has 0 spiro atoms. The predicted molar refractivity (Wildman–Crippen MR) is 201 cm³/mol. The van der Waals surface area contributed by atoms with Gasteiger partial charge in [0.1, 0.15) is 11.2 Å². The molecule has 0 fully saturated rings. The molecule has 3 heterocycles. The molecular weight excluding hydrogens is 605 g/mol. The minimum absolute atomic E-state index is 0.701. The number of hydrogen-bond donors (Lipinski definition) is 0. The monoisotopic (exact) mass is 630 g/mol. The van der Waals surface area contributed by atoms with E-state index in [2.05, 4.69) is 140 Å². The molecule has 0 amide bonds. The van der Waals surface area contributed by atoms with Crippen LogP contribution in [0.2, 0.25) is 0 Å². The SMILES string of the molecule is c1ccc(-c2cc(-c3nc(-c4ccc5ccccc5c4)cc(-c4cccc5oc6ccccc6c45)n3)c3c(c2)sc2ccccc23)cc1. The maximum Gasteiger partial charge on any atom is 0.161 e. The average Bonchev–Trinajstić information content (AvgIpc) is 3.73. The van der Waals surface area contributed by atoms with E-state index >= 15 is 0 Å². The number of furan rings is 1. The van der Waals surface area contributed by atoms with Crippen LogP contribution in [0, 0.1) is 0 Å². The number of fused-ring (bicyclic) bond motifs is 7. The fraction of sp³-hybridized carbons (Fsp3) is 0. The van der Waals surface area contributed by atoms with Crippen LogP contribution < -0.4 is 0 Å². The van der Waals surface area contributed by atoms with Gasteiger partial charge in [0, 0.05) is 47.6 Å². The van der Waals surface area contributed by atoms with Crippen LogP contribution in [-0.2, 0) is 0 Å². The van der Waals surface area contributed by atoms with E-state index in [1.54, 1.807) is 0 Å². The summed E-state index contributed by atoms with van der Waals surface area (Å²) in [5.74, 6) is 0.701. The molecular formula is C44H26N2OS. The van der Waals surface area contributed by atoms with E-state index in [4.69, 9.17) is 14.4 Å². The summed E-state index contributed by atoms with van der Waals surface area (Å²) in [7, 11) is 0. The van der Waals surface area contributed by atoms with Gasteiger partial charge in [-0.05, 0) is 64.4 Å². The highest BCUT2D eigenvalue weighted by molar-refractivity contribution is 7.26. The predicted octanol–water partition coefficient (Wildman–Crippen LogP) is 12.6. The van der Waals surface area contributed by atoms with Crippen molar-refractivity contribution in [2.75, 3.05) is 0 Å². The van der Waals surface area contributed by atoms with E-state index in [0.717, 1.165) is 55.6 Å². The zero-order valence-corrected chi connectivity index (χ0v) is 26.5. The molecule has 3 nitrogen and oxygen atoms in total. The van der Waals surface area contributed by atoms with Crippen LogP contribution >= 0.6 is 11.3 Å². The Kier molecular flexibility index (Phi) is 6.05. The summed E-state index contributed by atoms with van der Waals surface area (Å²) in [6.45, 7) is 0. The lowest BCUT2D eigenvalue weighted by molar-refractivity contribution is 0.669. The van der Waals surface area contributed by atoms with Crippen molar-refractivity contribution in [2.45, 2.75) is 0 Å². The summed E-state index contributed by atoms with van der Waals surface area (Å²) < 4.78 is 8.78. The summed E-state index contributed by atoms with van der Waals surface area (Å²) in [6, 6.07) is 55.5. The van der Waals surface area contributed by atoms with E-state index in [9.17, 15) is 0 Å². The topological polar surface area (TPSA) is 38.9 Å². The fourth-order valence-corrected chi connectivity index (χ4v) is 8.19. The Morgan fingerprint density at radius 2 is 1.17 bits per heavy atom. The van der Waals surface area contributed by atoms with Crippen molar-refractivity contribution in [1.29, 1.82) is 0 Å². The third-order valence-electron chi connectivity index (χ3n) is 9.28. The summed E-state index contributed by atoms with van der Waals surface area (Å²) in [4.78, 5) is 10.8. The van der Waals surface area contributed by atoms with Crippen molar-refractivity contribution in [3.05, 3.63) is 158 Å². The van der Waals surface area contributed by atoms with Gasteiger partial charge in [-0.15, -0.1) is 11.3 Å². The molecule has 4 heteroatoms. The molecule has 0 aliphatic rings. The smallest absolute Gasteiger partial charge is 0.161 e. The molecule has 224 valence electrons. The quantitative estimate of drug-likeness (QED) is 0.194. The maximum atomic E-state index is 6.31. The minimum Gasteiger partial charge on any atom is -0.456 e. The van der Waals surface area contributed by atoms with Crippen LogP contribution in [-0.4, -0.2) is 9.97 Å². The lowest BCUT2D eigenvalue weighted by Gasteiger charge is -2.13. The summed E-state index contributed by atoms with van der Waals surface area (Å²) >= 11 is 1.82. The molecule has 0 aliphatic carbocycles. The number of benzene rings is 7.